The molecule has 0 spiro atoms. The van der Waals surface area contributed by atoms with Gasteiger partial charge in [-0.3, -0.25) is 15.1 Å². The molecule has 10 heteroatoms. The Balaban J connectivity index is 1.45. The number of methoxy groups -OCH3 is 1. The van der Waals surface area contributed by atoms with Crippen molar-refractivity contribution in [3.05, 3.63) is 136 Å². The largest absolute Gasteiger partial charge is 0.496 e. The summed E-state index contributed by atoms with van der Waals surface area (Å²) in [5, 5.41) is 16.1. The molecule has 0 radical (unpaired) electrons. The summed E-state index contributed by atoms with van der Waals surface area (Å²) in [5.41, 5.74) is 4.81. The number of para-hydroxylation sites is 1. The molecule has 1 aliphatic rings. The summed E-state index contributed by atoms with van der Waals surface area (Å²) in [6.07, 6.45) is 1.76. The molecule has 5 aromatic rings. The van der Waals surface area contributed by atoms with Gasteiger partial charge in [0.05, 0.1) is 35.9 Å². The summed E-state index contributed by atoms with van der Waals surface area (Å²) in [5.74, 6) is 1.88. The second-order valence-electron chi connectivity index (χ2n) is 10.2. The third-order valence-electron chi connectivity index (χ3n) is 7.60. The van der Waals surface area contributed by atoms with E-state index < -0.39 is 0 Å². The van der Waals surface area contributed by atoms with Gasteiger partial charge < -0.3 is 24.3 Å². The maximum Gasteiger partial charge on any atom is 0.296 e. The normalized spacial score (nSPS) is 16.2. The van der Waals surface area contributed by atoms with Crippen molar-refractivity contribution < 1.29 is 14.4 Å². The quantitative estimate of drug-likeness (QED) is 0.114. The molecule has 2 atom stereocenters. The minimum Gasteiger partial charge on any atom is -0.496 e. The lowest BCUT2D eigenvalue weighted by Crippen LogP contribution is -2.29. The number of hydrogen-bond donors (Lipinski definition) is 1. The molecule has 9 nitrogen and oxygen atoms in total. The van der Waals surface area contributed by atoms with Gasteiger partial charge in [-0.05, 0) is 98.4 Å². The van der Waals surface area contributed by atoms with Crippen LogP contribution in [0.1, 0.15) is 34.7 Å². The van der Waals surface area contributed by atoms with Gasteiger partial charge in [-0.2, -0.15) is 0 Å². The van der Waals surface area contributed by atoms with Crippen molar-refractivity contribution in [1.82, 2.24) is 14.9 Å². The second-order valence-corrected chi connectivity index (χ2v) is 10.6. The smallest absolute Gasteiger partial charge is 0.296 e. The SMILES string of the molecule is COc1ccc(-n2c(C)cc([C@H]3[C@H](c4ccccn4)NC(=S)N3c3ccc(Oc4ccccc4)cc3)c2C)c([N+](=O)[O-])c1. The summed E-state index contributed by atoms with van der Waals surface area (Å²) < 4.78 is 13.2. The zero-order valence-corrected chi connectivity index (χ0v) is 24.6. The summed E-state index contributed by atoms with van der Waals surface area (Å²) in [7, 11) is 1.49. The fraction of sp³-hybridized carbons (Fsp3) is 0.152. The van der Waals surface area contributed by atoms with Gasteiger partial charge in [0.1, 0.15) is 22.9 Å². The minimum atomic E-state index is -0.384. The van der Waals surface area contributed by atoms with Crippen LogP contribution in [0.2, 0.25) is 0 Å². The Hall–Kier alpha value is -5.22. The molecule has 216 valence electrons. The highest BCUT2D eigenvalue weighted by molar-refractivity contribution is 7.80. The number of nitrogens with zero attached hydrogens (tertiary/aromatic N) is 4. The Morgan fingerprint density at radius 3 is 2.28 bits per heavy atom. The zero-order chi connectivity index (χ0) is 30.1. The molecule has 2 aromatic heterocycles. The highest BCUT2D eigenvalue weighted by atomic mass is 32.1. The van der Waals surface area contributed by atoms with Crippen molar-refractivity contribution in [2.24, 2.45) is 0 Å². The third-order valence-corrected chi connectivity index (χ3v) is 7.92. The van der Waals surface area contributed by atoms with Gasteiger partial charge in [-0.25, -0.2) is 0 Å². The average Bonchev–Trinajstić information content (AvgIpc) is 3.52. The van der Waals surface area contributed by atoms with Gasteiger partial charge in [0.15, 0.2) is 5.11 Å². The van der Waals surface area contributed by atoms with Crippen LogP contribution >= 0.6 is 12.2 Å². The molecule has 1 saturated heterocycles. The molecular weight excluding hydrogens is 562 g/mol. The molecule has 1 fully saturated rings. The first-order chi connectivity index (χ1) is 20.9. The van der Waals surface area contributed by atoms with Gasteiger partial charge in [0.25, 0.3) is 5.69 Å². The maximum absolute atomic E-state index is 12.1. The van der Waals surface area contributed by atoms with Crippen LogP contribution in [0.4, 0.5) is 11.4 Å². The number of nitro groups is 1. The monoisotopic (exact) mass is 591 g/mol. The van der Waals surface area contributed by atoms with E-state index in [1.807, 2.05) is 91.2 Å². The van der Waals surface area contributed by atoms with Crippen molar-refractivity contribution in [1.29, 1.82) is 0 Å². The van der Waals surface area contributed by atoms with E-state index in [-0.39, 0.29) is 22.7 Å². The van der Waals surface area contributed by atoms with Crippen LogP contribution < -0.4 is 19.7 Å². The van der Waals surface area contributed by atoms with E-state index in [2.05, 4.69) is 21.3 Å². The molecule has 0 bridgehead atoms. The molecule has 1 N–H and O–H groups in total. The van der Waals surface area contributed by atoms with Crippen LogP contribution in [0.25, 0.3) is 5.69 Å². The summed E-state index contributed by atoms with van der Waals surface area (Å²) in [4.78, 5) is 18.4. The maximum atomic E-state index is 12.1. The Labute approximate surface area is 254 Å². The Kier molecular flexibility index (Phi) is 7.52. The van der Waals surface area contributed by atoms with Gasteiger partial charge >= 0.3 is 0 Å². The van der Waals surface area contributed by atoms with Crippen LogP contribution in [-0.2, 0) is 0 Å². The molecular formula is C33H29N5O4S. The third kappa shape index (κ3) is 5.28. The lowest BCUT2D eigenvalue weighted by Gasteiger charge is -2.28. The molecule has 1 aliphatic heterocycles. The van der Waals surface area contributed by atoms with Gasteiger partial charge in [-0.1, -0.05) is 24.3 Å². The van der Waals surface area contributed by atoms with E-state index in [9.17, 15) is 10.1 Å². The van der Waals surface area contributed by atoms with Crippen LogP contribution in [0.5, 0.6) is 17.2 Å². The van der Waals surface area contributed by atoms with Gasteiger partial charge in [-0.15, -0.1) is 0 Å². The van der Waals surface area contributed by atoms with Crippen molar-refractivity contribution in [3.8, 4) is 22.9 Å². The lowest BCUT2D eigenvalue weighted by atomic mass is 9.96. The van der Waals surface area contributed by atoms with Crippen molar-refractivity contribution >= 4 is 28.7 Å². The lowest BCUT2D eigenvalue weighted by molar-refractivity contribution is -0.384. The van der Waals surface area contributed by atoms with Crippen molar-refractivity contribution in [2.75, 3.05) is 12.0 Å². The number of ether oxygens (including phenoxy) is 2. The highest BCUT2D eigenvalue weighted by Gasteiger charge is 2.42. The number of pyridine rings is 1. The number of rotatable bonds is 8. The number of aromatic nitrogens is 2. The zero-order valence-electron chi connectivity index (χ0n) is 23.8. The fourth-order valence-corrected chi connectivity index (χ4v) is 6.02. The molecule has 43 heavy (non-hydrogen) atoms. The van der Waals surface area contributed by atoms with E-state index in [0.717, 1.165) is 34.1 Å². The first kappa shape index (κ1) is 27.9. The number of nitro benzene ring substituents is 1. The van der Waals surface area contributed by atoms with E-state index in [1.165, 1.54) is 13.2 Å². The Bertz CT molecular complexity index is 1790. The first-order valence-electron chi connectivity index (χ1n) is 13.7. The molecule has 0 amide bonds. The minimum absolute atomic E-state index is 0.0418. The van der Waals surface area contributed by atoms with E-state index in [4.69, 9.17) is 21.7 Å². The number of benzene rings is 3. The van der Waals surface area contributed by atoms with Gasteiger partial charge in [0, 0.05) is 23.3 Å². The number of anilines is 1. The Morgan fingerprint density at radius 2 is 1.60 bits per heavy atom. The number of thiocarbonyl (C=S) groups is 1. The predicted octanol–water partition coefficient (Wildman–Crippen LogP) is 7.38. The van der Waals surface area contributed by atoms with Crippen LogP contribution in [0.15, 0.2) is 103 Å². The summed E-state index contributed by atoms with van der Waals surface area (Å²) >= 11 is 5.92. The number of hydrogen-bond acceptors (Lipinski definition) is 6. The second kappa shape index (κ2) is 11.6. The highest BCUT2D eigenvalue weighted by Crippen LogP contribution is 2.44. The number of aryl methyl sites for hydroxylation is 1. The summed E-state index contributed by atoms with van der Waals surface area (Å²) in [6, 6.07) is 29.6. The van der Waals surface area contributed by atoms with Crippen molar-refractivity contribution in [2.45, 2.75) is 25.9 Å². The predicted molar refractivity (Wildman–Crippen MR) is 169 cm³/mol. The number of nitrogens with one attached hydrogen (secondary N) is 1. The molecule has 3 aromatic carbocycles. The first-order valence-corrected chi connectivity index (χ1v) is 14.1. The molecule has 3 heterocycles. The molecule has 0 aliphatic carbocycles. The summed E-state index contributed by atoms with van der Waals surface area (Å²) in [6.45, 7) is 3.92. The van der Waals surface area contributed by atoms with Crippen molar-refractivity contribution in [3.63, 3.8) is 0 Å². The van der Waals surface area contributed by atoms with E-state index in [0.29, 0.717) is 22.3 Å². The Morgan fingerprint density at radius 1 is 0.907 bits per heavy atom. The molecule has 0 unspecified atom stereocenters. The standard InChI is InChI=1S/C33H29N5O4S/c1-21-19-27(22(2)36(21)29-17-16-26(41-3)20-30(29)38(39)40)32-31(28-11-7-8-18-34-28)35-33(43)37(32)23-12-14-25(15-13-23)42-24-9-5-4-6-10-24/h4-20,31-32H,1-3H3,(H,35,43)/t31-,32-/m0/s1. The van der Waals surface area contributed by atoms with Crippen LogP contribution in [0.3, 0.4) is 0 Å². The molecule has 0 saturated carbocycles. The molecule has 6 rings (SSSR count). The van der Waals surface area contributed by atoms with E-state index in [1.54, 1.807) is 18.3 Å². The average molecular weight is 592 g/mol. The van der Waals surface area contributed by atoms with Crippen LogP contribution in [0, 0.1) is 24.0 Å². The topological polar surface area (TPSA) is 94.7 Å². The van der Waals surface area contributed by atoms with Gasteiger partial charge in [0.2, 0.25) is 0 Å². The fourth-order valence-electron chi connectivity index (χ4n) is 5.67. The van der Waals surface area contributed by atoms with E-state index >= 15 is 0 Å². The van der Waals surface area contributed by atoms with Crippen LogP contribution in [-0.4, -0.2) is 26.7 Å².